The molecular weight excluding hydrogens is 310 g/mol. The highest BCUT2D eigenvalue weighted by atomic mass is 16.5. The van der Waals surface area contributed by atoms with Crippen LogP contribution < -0.4 is 14.8 Å². The van der Waals surface area contributed by atoms with E-state index in [2.05, 4.69) is 10.5 Å². The molecule has 136 valence electrons. The lowest BCUT2D eigenvalue weighted by Crippen LogP contribution is -2.31. The molecule has 0 saturated carbocycles. The molecular formula is C17H29N3O4. The lowest BCUT2D eigenvalue weighted by atomic mass is 10.2. The molecule has 7 nitrogen and oxygen atoms in total. The molecule has 0 bridgehead atoms. The molecule has 7 heteroatoms. The Morgan fingerprint density at radius 1 is 1.29 bits per heavy atom. The quantitative estimate of drug-likeness (QED) is 0.474. The van der Waals surface area contributed by atoms with Crippen molar-refractivity contribution >= 4 is 12.2 Å². The molecule has 1 aliphatic rings. The average molecular weight is 339 g/mol. The summed E-state index contributed by atoms with van der Waals surface area (Å²) in [4.78, 5) is 13.0. The van der Waals surface area contributed by atoms with Gasteiger partial charge in [-0.25, -0.2) is 4.79 Å². The first-order valence-electron chi connectivity index (χ1n) is 8.25. The molecule has 1 fully saturated rings. The second-order valence-corrected chi connectivity index (χ2v) is 4.22. The normalized spacial score (nSPS) is 12.7. The first-order chi connectivity index (χ1) is 11.7. The zero-order chi connectivity index (χ0) is 18.4. The van der Waals surface area contributed by atoms with Crippen molar-refractivity contribution in [3.63, 3.8) is 0 Å². The van der Waals surface area contributed by atoms with E-state index in [1.54, 1.807) is 23.1 Å². The summed E-state index contributed by atoms with van der Waals surface area (Å²) in [5.41, 5.74) is 0.704. The van der Waals surface area contributed by atoms with Gasteiger partial charge in [0.2, 0.25) is 0 Å². The van der Waals surface area contributed by atoms with Gasteiger partial charge in [0.05, 0.1) is 19.9 Å². The molecule has 1 aromatic rings. The van der Waals surface area contributed by atoms with E-state index < -0.39 is 0 Å². The van der Waals surface area contributed by atoms with Crippen LogP contribution in [0.15, 0.2) is 23.4 Å². The van der Waals surface area contributed by atoms with Crippen molar-refractivity contribution in [1.82, 2.24) is 10.2 Å². The standard InChI is InChI=1S/C13H17N3O4.2C2H6/c1-19-12-8-10(9-15-18)2-3-11(12)20-7-6-16-5-4-14-13(16)17;2*1-2/h2-3,8-9,18H,4-7H2,1H3,(H,14,17);2*1-2H3/b15-9+;;. The van der Waals surface area contributed by atoms with Crippen molar-refractivity contribution in [2.75, 3.05) is 33.4 Å². The lowest BCUT2D eigenvalue weighted by molar-refractivity contribution is 0.201. The van der Waals surface area contributed by atoms with Crippen LogP contribution >= 0.6 is 0 Å². The van der Waals surface area contributed by atoms with E-state index in [4.69, 9.17) is 14.7 Å². The van der Waals surface area contributed by atoms with Crippen molar-refractivity contribution < 1.29 is 19.5 Å². The second-order valence-electron chi connectivity index (χ2n) is 4.22. The molecule has 0 atom stereocenters. The third-order valence-corrected chi connectivity index (χ3v) is 2.96. The van der Waals surface area contributed by atoms with Gasteiger partial charge < -0.3 is 24.9 Å². The summed E-state index contributed by atoms with van der Waals surface area (Å²) in [5, 5.41) is 14.2. The molecule has 2 rings (SSSR count). The number of hydrogen-bond acceptors (Lipinski definition) is 5. The molecule has 1 heterocycles. The molecule has 2 amide bonds. The Balaban J connectivity index is 0.00000123. The van der Waals surface area contributed by atoms with E-state index >= 15 is 0 Å². The number of ether oxygens (including phenoxy) is 2. The van der Waals surface area contributed by atoms with Crippen LogP contribution in [0.3, 0.4) is 0 Å². The molecule has 0 unspecified atom stereocenters. The number of benzene rings is 1. The van der Waals surface area contributed by atoms with Gasteiger partial charge in [-0.05, 0) is 18.2 Å². The van der Waals surface area contributed by atoms with E-state index in [0.717, 1.165) is 0 Å². The fourth-order valence-electron chi connectivity index (χ4n) is 1.94. The number of nitrogens with zero attached hydrogens (tertiary/aromatic N) is 2. The van der Waals surface area contributed by atoms with Crippen LogP contribution in [-0.4, -0.2) is 55.7 Å². The van der Waals surface area contributed by atoms with Crippen molar-refractivity contribution in [1.29, 1.82) is 0 Å². The van der Waals surface area contributed by atoms with Gasteiger partial charge in [0.15, 0.2) is 11.5 Å². The number of carbonyl (C=O) groups is 1. The predicted octanol–water partition coefficient (Wildman–Crippen LogP) is 2.96. The van der Waals surface area contributed by atoms with E-state index in [1.165, 1.54) is 13.3 Å². The summed E-state index contributed by atoms with van der Waals surface area (Å²) in [6.45, 7) is 10.3. The van der Waals surface area contributed by atoms with Gasteiger partial charge in [0, 0.05) is 18.7 Å². The van der Waals surface area contributed by atoms with Crippen LogP contribution in [0.5, 0.6) is 11.5 Å². The Morgan fingerprint density at radius 3 is 2.54 bits per heavy atom. The number of amides is 2. The molecule has 0 spiro atoms. The molecule has 0 aromatic heterocycles. The smallest absolute Gasteiger partial charge is 0.317 e. The third-order valence-electron chi connectivity index (χ3n) is 2.96. The first-order valence-corrected chi connectivity index (χ1v) is 8.25. The highest BCUT2D eigenvalue weighted by Gasteiger charge is 2.18. The highest BCUT2D eigenvalue weighted by molar-refractivity contribution is 5.80. The second kappa shape index (κ2) is 13.0. The molecule has 1 saturated heterocycles. The maximum Gasteiger partial charge on any atom is 0.317 e. The highest BCUT2D eigenvalue weighted by Crippen LogP contribution is 2.27. The number of nitrogens with one attached hydrogen (secondary N) is 1. The monoisotopic (exact) mass is 339 g/mol. The number of oxime groups is 1. The molecule has 1 aliphatic heterocycles. The summed E-state index contributed by atoms with van der Waals surface area (Å²) in [7, 11) is 1.54. The van der Waals surface area contributed by atoms with Gasteiger partial charge in [-0.15, -0.1) is 0 Å². The molecule has 24 heavy (non-hydrogen) atoms. The fourth-order valence-corrected chi connectivity index (χ4v) is 1.94. The van der Waals surface area contributed by atoms with E-state index in [9.17, 15) is 4.79 Å². The summed E-state index contributed by atoms with van der Waals surface area (Å²) in [6, 6.07) is 5.13. The zero-order valence-corrected chi connectivity index (χ0v) is 15.2. The van der Waals surface area contributed by atoms with Crippen molar-refractivity contribution in [2.45, 2.75) is 27.7 Å². The van der Waals surface area contributed by atoms with Gasteiger partial charge in [-0.3, -0.25) is 0 Å². The predicted molar refractivity (Wildman–Crippen MR) is 95.5 cm³/mol. The topological polar surface area (TPSA) is 83.4 Å². The van der Waals surface area contributed by atoms with E-state index in [-0.39, 0.29) is 6.03 Å². The Hall–Kier alpha value is -2.44. The van der Waals surface area contributed by atoms with Crippen LogP contribution in [0.1, 0.15) is 33.3 Å². The largest absolute Gasteiger partial charge is 0.493 e. The fraction of sp³-hybridized carbons (Fsp3) is 0.529. The molecule has 0 radical (unpaired) electrons. The SMILES string of the molecule is CC.CC.COc1cc(/C=N/O)ccc1OCCN1CCNC1=O. The Labute approximate surface area is 144 Å². The van der Waals surface area contributed by atoms with Gasteiger partial charge in [-0.1, -0.05) is 32.9 Å². The average Bonchev–Trinajstić information content (AvgIpc) is 3.05. The number of carbonyl (C=O) groups excluding carboxylic acids is 1. The van der Waals surface area contributed by atoms with Crippen LogP contribution in [0.4, 0.5) is 4.79 Å². The Kier molecular flexibility index (Phi) is 11.7. The first kappa shape index (κ1) is 21.6. The van der Waals surface area contributed by atoms with Crippen molar-refractivity contribution in [3.8, 4) is 11.5 Å². The van der Waals surface area contributed by atoms with Crippen LogP contribution in [0.25, 0.3) is 0 Å². The maximum absolute atomic E-state index is 11.4. The minimum atomic E-state index is -0.0601. The molecule has 1 aromatic carbocycles. The van der Waals surface area contributed by atoms with Gasteiger partial charge >= 0.3 is 6.03 Å². The van der Waals surface area contributed by atoms with E-state index in [0.29, 0.717) is 43.3 Å². The minimum Gasteiger partial charge on any atom is -0.493 e. The summed E-state index contributed by atoms with van der Waals surface area (Å²) in [5.74, 6) is 1.13. The van der Waals surface area contributed by atoms with Gasteiger partial charge in [0.1, 0.15) is 6.61 Å². The van der Waals surface area contributed by atoms with Crippen LogP contribution in [-0.2, 0) is 0 Å². The van der Waals surface area contributed by atoms with Crippen molar-refractivity contribution in [3.05, 3.63) is 23.8 Å². The Morgan fingerprint density at radius 2 is 2.00 bits per heavy atom. The molecule has 2 N–H and O–H groups in total. The molecule has 0 aliphatic carbocycles. The number of urea groups is 1. The number of rotatable bonds is 6. The number of hydrogen-bond donors (Lipinski definition) is 2. The summed E-state index contributed by atoms with van der Waals surface area (Å²) < 4.78 is 10.8. The Bertz CT molecular complexity index is 507. The van der Waals surface area contributed by atoms with Crippen LogP contribution in [0.2, 0.25) is 0 Å². The summed E-state index contributed by atoms with van der Waals surface area (Å²) in [6.07, 6.45) is 1.31. The van der Waals surface area contributed by atoms with Crippen LogP contribution in [0, 0.1) is 0 Å². The zero-order valence-electron chi connectivity index (χ0n) is 15.2. The van der Waals surface area contributed by atoms with Gasteiger partial charge in [0.25, 0.3) is 0 Å². The third kappa shape index (κ3) is 6.76. The van der Waals surface area contributed by atoms with E-state index in [1.807, 2.05) is 27.7 Å². The van der Waals surface area contributed by atoms with Gasteiger partial charge in [-0.2, -0.15) is 0 Å². The summed E-state index contributed by atoms with van der Waals surface area (Å²) >= 11 is 0. The maximum atomic E-state index is 11.4. The van der Waals surface area contributed by atoms with Crippen molar-refractivity contribution in [2.24, 2.45) is 5.16 Å². The number of methoxy groups -OCH3 is 1. The lowest BCUT2D eigenvalue weighted by Gasteiger charge is -2.16. The minimum absolute atomic E-state index is 0.0601.